The zero-order chi connectivity index (χ0) is 28.6. The van der Waals surface area contributed by atoms with Gasteiger partial charge in [-0.05, 0) is 30.7 Å². The lowest BCUT2D eigenvalue weighted by Crippen LogP contribution is -2.44. The van der Waals surface area contributed by atoms with Crippen LogP contribution in [0.2, 0.25) is 0 Å². The zero-order valence-corrected chi connectivity index (χ0v) is 21.3. The zero-order valence-electron chi connectivity index (χ0n) is 21.3. The second kappa shape index (κ2) is 10.7. The molecule has 2 atom stereocenters. The number of carboxylic acids is 1. The molecule has 0 saturated heterocycles. The molecule has 8 nitrogen and oxygen atoms in total. The second-order valence-electron chi connectivity index (χ2n) is 9.51. The summed E-state index contributed by atoms with van der Waals surface area (Å²) in [7, 11) is 0. The van der Waals surface area contributed by atoms with E-state index in [9.17, 15) is 27.2 Å². The molecule has 1 amide bonds. The predicted molar refractivity (Wildman–Crippen MR) is 137 cm³/mol. The average molecular weight is 560 g/mol. The van der Waals surface area contributed by atoms with Crippen molar-refractivity contribution in [2.45, 2.75) is 37.9 Å². The van der Waals surface area contributed by atoms with E-state index in [0.717, 1.165) is 6.20 Å². The Morgan fingerprint density at radius 1 is 1.07 bits per heavy atom. The van der Waals surface area contributed by atoms with E-state index in [1.165, 1.54) is 30.3 Å². The smallest absolute Gasteiger partial charge is 0.471 e. The highest BCUT2D eigenvalue weighted by atomic mass is 19.4. The maximum Gasteiger partial charge on any atom is 0.471 e. The van der Waals surface area contributed by atoms with Crippen LogP contribution in [0.5, 0.6) is 11.5 Å². The topological polar surface area (TPSA) is 92.2 Å². The molecule has 0 saturated carbocycles. The highest BCUT2D eigenvalue weighted by molar-refractivity contribution is 5.98. The number of hydrogen-bond acceptors (Lipinski definition) is 6. The minimum Gasteiger partial charge on any atom is -0.493 e. The van der Waals surface area contributed by atoms with Gasteiger partial charge in [0, 0.05) is 35.3 Å². The summed E-state index contributed by atoms with van der Waals surface area (Å²) in [6.07, 6.45) is -3.62. The van der Waals surface area contributed by atoms with Gasteiger partial charge in [-0.1, -0.05) is 25.1 Å². The molecule has 3 heterocycles. The van der Waals surface area contributed by atoms with Crippen LogP contribution in [-0.2, 0) is 9.59 Å². The number of aliphatic carboxylic acids is 1. The molecule has 1 N–H and O–H groups in total. The lowest BCUT2D eigenvalue weighted by atomic mass is 9.97. The molecule has 2 aromatic carbocycles. The van der Waals surface area contributed by atoms with Crippen molar-refractivity contribution in [3.8, 4) is 11.5 Å². The van der Waals surface area contributed by atoms with E-state index in [-0.39, 0.29) is 31.1 Å². The number of nitrogens with zero attached hydrogens (tertiary/aromatic N) is 3. The van der Waals surface area contributed by atoms with Crippen molar-refractivity contribution in [3.05, 3.63) is 71.7 Å². The number of rotatable bonds is 8. The molecule has 210 valence electrons. The Bertz CT molecular complexity index is 1430. The number of fused-ring (bicyclic) bond motifs is 2. The molecule has 1 aromatic heterocycles. The van der Waals surface area contributed by atoms with Crippen LogP contribution < -0.4 is 19.3 Å². The lowest BCUT2D eigenvalue weighted by molar-refractivity contribution is -0.171. The Morgan fingerprint density at radius 3 is 2.55 bits per heavy atom. The van der Waals surface area contributed by atoms with Crippen LogP contribution in [0.25, 0.3) is 0 Å². The van der Waals surface area contributed by atoms with E-state index >= 15 is 0 Å². The van der Waals surface area contributed by atoms with Crippen molar-refractivity contribution in [3.63, 3.8) is 0 Å². The van der Waals surface area contributed by atoms with Gasteiger partial charge in [0.05, 0.1) is 31.0 Å². The fraction of sp³-hybridized carbons (Fsp3) is 0.321. The van der Waals surface area contributed by atoms with E-state index in [1.807, 2.05) is 6.92 Å². The summed E-state index contributed by atoms with van der Waals surface area (Å²) in [6.45, 7) is 2.23. The molecule has 0 fully saturated rings. The summed E-state index contributed by atoms with van der Waals surface area (Å²) >= 11 is 0. The second-order valence-corrected chi connectivity index (χ2v) is 9.51. The molecule has 2 aliphatic heterocycles. The average Bonchev–Trinajstić information content (AvgIpc) is 3.51. The highest BCUT2D eigenvalue weighted by Gasteiger charge is 2.48. The van der Waals surface area contributed by atoms with Crippen LogP contribution in [0.4, 0.5) is 34.8 Å². The van der Waals surface area contributed by atoms with E-state index in [4.69, 9.17) is 14.6 Å². The summed E-state index contributed by atoms with van der Waals surface area (Å²) in [5.41, 5.74) is 1.38. The van der Waals surface area contributed by atoms with Crippen molar-refractivity contribution >= 4 is 29.1 Å². The molecule has 5 rings (SSSR count). The van der Waals surface area contributed by atoms with Crippen molar-refractivity contribution in [1.82, 2.24) is 4.98 Å². The van der Waals surface area contributed by atoms with Gasteiger partial charge in [-0.25, -0.2) is 9.37 Å². The van der Waals surface area contributed by atoms with Crippen molar-refractivity contribution in [2.75, 3.05) is 29.6 Å². The maximum atomic E-state index is 13.9. The Hall–Kier alpha value is -4.35. The lowest BCUT2D eigenvalue weighted by Gasteiger charge is -2.29. The molecule has 0 spiro atoms. The molecule has 40 heavy (non-hydrogen) atoms. The largest absolute Gasteiger partial charge is 0.493 e. The number of amides is 1. The summed E-state index contributed by atoms with van der Waals surface area (Å²) in [6, 6.07) is 10.8. The number of ether oxygens (including phenoxy) is 2. The first-order valence-corrected chi connectivity index (χ1v) is 12.6. The first-order valence-electron chi connectivity index (χ1n) is 12.6. The number of alkyl halides is 3. The fourth-order valence-electron chi connectivity index (χ4n) is 5.12. The van der Waals surface area contributed by atoms with Crippen molar-refractivity contribution < 1.29 is 41.7 Å². The Morgan fingerprint density at radius 2 is 1.88 bits per heavy atom. The van der Waals surface area contributed by atoms with E-state index in [0.29, 0.717) is 46.2 Å². The number of carbonyl (C=O) groups excluding carboxylic acids is 1. The number of aromatic nitrogens is 1. The number of carboxylic acid groups (broad SMARTS) is 1. The molecule has 0 bridgehead atoms. The summed E-state index contributed by atoms with van der Waals surface area (Å²) in [5.74, 6) is -3.11. The van der Waals surface area contributed by atoms with Gasteiger partial charge in [-0.15, -0.1) is 0 Å². The Balaban J connectivity index is 1.55. The molecular formula is C28H25F4N3O5. The number of benzene rings is 2. The first-order chi connectivity index (χ1) is 19.1. The summed E-state index contributed by atoms with van der Waals surface area (Å²) in [5, 5.41) is 9.15. The monoisotopic (exact) mass is 559 g/mol. The first kappa shape index (κ1) is 27.2. The number of pyridine rings is 1. The van der Waals surface area contributed by atoms with Gasteiger partial charge in [0.15, 0.2) is 0 Å². The molecule has 0 unspecified atom stereocenters. The van der Waals surface area contributed by atoms with Crippen LogP contribution in [-0.4, -0.2) is 47.9 Å². The molecule has 0 aliphatic carbocycles. The van der Waals surface area contributed by atoms with Crippen molar-refractivity contribution in [1.29, 1.82) is 0 Å². The number of para-hydroxylation sites is 1. The third-order valence-corrected chi connectivity index (χ3v) is 6.84. The normalized spacial score (nSPS) is 17.4. The van der Waals surface area contributed by atoms with Crippen molar-refractivity contribution in [2.24, 2.45) is 0 Å². The van der Waals surface area contributed by atoms with Gasteiger partial charge in [-0.3, -0.25) is 14.5 Å². The SMILES string of the molecule is CCCN(c1ccc(F)cn1)c1cccc2c1OC[C@H]2N(C(=O)C(F)(F)F)c1ccc2c(c1)OC[C@H]2CC(=O)O. The number of anilines is 3. The molecular weight excluding hydrogens is 534 g/mol. The fourth-order valence-corrected chi connectivity index (χ4v) is 5.12. The van der Waals surface area contributed by atoms with E-state index < -0.39 is 35.8 Å². The van der Waals surface area contributed by atoms with E-state index in [2.05, 4.69) is 4.98 Å². The summed E-state index contributed by atoms with van der Waals surface area (Å²) in [4.78, 5) is 30.6. The number of halogens is 4. The van der Waals surface area contributed by atoms with Gasteiger partial charge in [0.25, 0.3) is 0 Å². The van der Waals surface area contributed by atoms with Gasteiger partial charge in [-0.2, -0.15) is 13.2 Å². The molecule has 2 aliphatic rings. The Kier molecular flexibility index (Phi) is 7.26. The third kappa shape index (κ3) is 5.13. The minimum atomic E-state index is -5.18. The van der Waals surface area contributed by atoms with Crippen LogP contribution in [0.15, 0.2) is 54.7 Å². The number of hydrogen-bond donors (Lipinski definition) is 1. The van der Waals surface area contributed by atoms with Crippen LogP contribution in [0, 0.1) is 5.82 Å². The van der Waals surface area contributed by atoms with Gasteiger partial charge in [0.2, 0.25) is 0 Å². The van der Waals surface area contributed by atoms with E-state index in [1.54, 1.807) is 23.1 Å². The standard InChI is InChI=1S/C28H25F4N3O5/c1-2-10-34(24-9-6-17(29)13-33-24)21-5-3-4-20-22(15-40-26(20)21)35(27(38)28(30,31)32)18-7-8-19-16(11-25(36)37)14-39-23(19)12-18/h3-9,12-13,16,22H,2,10-11,14-15H2,1H3,(H,36,37)/t16-,22-/m1/s1. The van der Waals surface area contributed by atoms with Crippen LogP contribution in [0.1, 0.15) is 42.9 Å². The number of carbonyl (C=O) groups is 2. The van der Waals surface area contributed by atoms with Gasteiger partial charge < -0.3 is 19.5 Å². The van der Waals surface area contributed by atoms with Gasteiger partial charge in [0.1, 0.15) is 29.7 Å². The van der Waals surface area contributed by atoms with Gasteiger partial charge >= 0.3 is 18.1 Å². The Labute approximate surface area is 226 Å². The minimum absolute atomic E-state index is 0.0606. The molecule has 12 heteroatoms. The highest BCUT2D eigenvalue weighted by Crippen LogP contribution is 2.47. The molecule has 3 aromatic rings. The van der Waals surface area contributed by atoms with Crippen LogP contribution in [0.3, 0.4) is 0 Å². The molecule has 0 radical (unpaired) electrons. The summed E-state index contributed by atoms with van der Waals surface area (Å²) < 4.78 is 66.7. The maximum absolute atomic E-state index is 13.9. The quantitative estimate of drug-likeness (QED) is 0.352. The third-order valence-electron chi connectivity index (χ3n) is 6.84. The van der Waals surface area contributed by atoms with Crippen LogP contribution >= 0.6 is 0 Å². The predicted octanol–water partition coefficient (Wildman–Crippen LogP) is 5.75.